The largest absolute Gasteiger partial charge is 0.478 e. The third-order valence-corrected chi connectivity index (χ3v) is 5.82. The molecule has 3 rings (SSSR count). The van der Waals surface area contributed by atoms with Gasteiger partial charge in [0.25, 0.3) is 0 Å². The number of carbonyl (C=O) groups is 3. The molecule has 1 aromatic heterocycles. The van der Waals surface area contributed by atoms with Gasteiger partial charge in [0.1, 0.15) is 5.82 Å². The lowest BCUT2D eigenvalue weighted by Crippen LogP contribution is -2.49. The average molecular weight is 579 g/mol. The van der Waals surface area contributed by atoms with Gasteiger partial charge in [-0.05, 0) is 36.6 Å². The van der Waals surface area contributed by atoms with E-state index >= 15 is 0 Å². The molecule has 12 heteroatoms. The van der Waals surface area contributed by atoms with Crippen LogP contribution in [0.3, 0.4) is 0 Å². The maximum absolute atomic E-state index is 12.1. The van der Waals surface area contributed by atoms with E-state index in [0.717, 1.165) is 12.8 Å². The molecular formula is C25H38Cl3N5O4. The highest BCUT2D eigenvalue weighted by molar-refractivity contribution is 6.05. The third-order valence-electron chi connectivity index (χ3n) is 5.82. The minimum Gasteiger partial charge on any atom is -0.478 e. The van der Waals surface area contributed by atoms with Gasteiger partial charge in [0.2, 0.25) is 11.8 Å². The summed E-state index contributed by atoms with van der Waals surface area (Å²) in [5, 5.41) is 16.1. The summed E-state index contributed by atoms with van der Waals surface area (Å²) in [7, 11) is 0. The molecule has 208 valence electrons. The fourth-order valence-corrected chi connectivity index (χ4v) is 4.01. The van der Waals surface area contributed by atoms with E-state index in [4.69, 9.17) is 4.98 Å². The number of hydrogen-bond acceptors (Lipinski definition) is 6. The number of anilines is 2. The van der Waals surface area contributed by atoms with Crippen molar-refractivity contribution in [1.82, 2.24) is 15.2 Å². The number of halogens is 3. The molecule has 1 saturated heterocycles. The second kappa shape index (κ2) is 16.5. The molecular weight excluding hydrogens is 541 g/mol. The lowest BCUT2D eigenvalue weighted by atomic mass is 10.1. The number of amides is 2. The summed E-state index contributed by atoms with van der Waals surface area (Å²) in [5.41, 5.74) is 1.27. The first kappa shape index (κ1) is 34.7. The summed E-state index contributed by atoms with van der Waals surface area (Å²) in [6.45, 7) is 9.81. The predicted octanol–water partition coefficient (Wildman–Crippen LogP) is 4.22. The zero-order valence-corrected chi connectivity index (χ0v) is 23.9. The second-order valence-electron chi connectivity index (χ2n) is 9.18. The standard InChI is InChI=1S/C25H35N5O4.3ClH/c1-4-5-8-26-24(32)16-29-9-11-30(12-10-29)22-15-20(25(33)34)19-14-18(6-7-21(19)28-22)27-23(31)13-17(2)3;;;/h6-7,14-15,17H,4-5,8-13,16H2,1-3H3,(H,26,32)(H,27,31)(H,33,34);3*1H. The zero-order valence-electron chi connectivity index (χ0n) is 21.5. The summed E-state index contributed by atoms with van der Waals surface area (Å²) < 4.78 is 0. The molecule has 3 N–H and O–H groups in total. The van der Waals surface area contributed by atoms with Gasteiger partial charge in [0, 0.05) is 50.2 Å². The van der Waals surface area contributed by atoms with Crippen molar-refractivity contribution in [1.29, 1.82) is 0 Å². The Morgan fingerprint density at radius 1 is 1.03 bits per heavy atom. The van der Waals surface area contributed by atoms with Crippen molar-refractivity contribution >= 4 is 77.4 Å². The molecule has 2 amide bonds. The van der Waals surface area contributed by atoms with Crippen LogP contribution in [0.15, 0.2) is 24.3 Å². The molecule has 0 aliphatic carbocycles. The Hall–Kier alpha value is -2.33. The number of carboxylic acids is 1. The van der Waals surface area contributed by atoms with Gasteiger partial charge < -0.3 is 20.6 Å². The smallest absolute Gasteiger partial charge is 0.336 e. The number of piperazine rings is 1. The summed E-state index contributed by atoms with van der Waals surface area (Å²) in [5.74, 6) is -0.270. The van der Waals surface area contributed by atoms with Gasteiger partial charge in [0.15, 0.2) is 0 Å². The minimum atomic E-state index is -1.04. The molecule has 0 bridgehead atoms. The van der Waals surface area contributed by atoms with Crippen molar-refractivity contribution in [3.8, 4) is 0 Å². The number of carboxylic acid groups (broad SMARTS) is 1. The number of unbranched alkanes of at least 4 members (excludes halogenated alkanes) is 1. The Kier molecular flexibility index (Phi) is 15.5. The molecule has 0 atom stereocenters. The van der Waals surface area contributed by atoms with Crippen LogP contribution in [0.2, 0.25) is 0 Å². The maximum Gasteiger partial charge on any atom is 0.336 e. The normalized spacial score (nSPS) is 13.2. The van der Waals surface area contributed by atoms with Gasteiger partial charge in [-0.25, -0.2) is 9.78 Å². The van der Waals surface area contributed by atoms with Gasteiger partial charge in [-0.3, -0.25) is 14.5 Å². The molecule has 0 saturated carbocycles. The molecule has 9 nitrogen and oxygen atoms in total. The van der Waals surface area contributed by atoms with Crippen LogP contribution in [0.25, 0.3) is 10.9 Å². The number of benzene rings is 1. The van der Waals surface area contributed by atoms with Crippen LogP contribution in [0.1, 0.15) is 50.4 Å². The maximum atomic E-state index is 12.1. The summed E-state index contributed by atoms with van der Waals surface area (Å²) in [6, 6.07) is 6.76. The molecule has 2 aromatic rings. The monoisotopic (exact) mass is 577 g/mol. The number of aromatic carboxylic acids is 1. The van der Waals surface area contributed by atoms with Crippen LogP contribution < -0.4 is 15.5 Å². The lowest BCUT2D eigenvalue weighted by molar-refractivity contribution is -0.122. The number of pyridine rings is 1. The van der Waals surface area contributed by atoms with Crippen molar-refractivity contribution in [3.05, 3.63) is 29.8 Å². The van der Waals surface area contributed by atoms with E-state index in [1.54, 1.807) is 24.3 Å². The van der Waals surface area contributed by atoms with Gasteiger partial charge >= 0.3 is 5.97 Å². The zero-order chi connectivity index (χ0) is 24.7. The fourth-order valence-electron chi connectivity index (χ4n) is 4.01. The number of rotatable bonds is 10. The molecule has 0 unspecified atom stereocenters. The summed E-state index contributed by atoms with van der Waals surface area (Å²) >= 11 is 0. The predicted molar refractivity (Wildman–Crippen MR) is 155 cm³/mol. The number of fused-ring (bicyclic) bond motifs is 1. The molecule has 0 spiro atoms. The van der Waals surface area contributed by atoms with Crippen LogP contribution in [0, 0.1) is 5.92 Å². The van der Waals surface area contributed by atoms with E-state index in [0.29, 0.717) is 68.1 Å². The lowest BCUT2D eigenvalue weighted by Gasteiger charge is -2.35. The Labute approximate surface area is 237 Å². The molecule has 1 aliphatic rings. The first-order valence-corrected chi connectivity index (χ1v) is 12.0. The van der Waals surface area contributed by atoms with E-state index in [2.05, 4.69) is 27.4 Å². The molecule has 37 heavy (non-hydrogen) atoms. The number of aromatic nitrogens is 1. The Morgan fingerprint density at radius 3 is 2.30 bits per heavy atom. The van der Waals surface area contributed by atoms with E-state index in [9.17, 15) is 19.5 Å². The SMILES string of the molecule is CCCCNC(=O)CN1CCN(c2cc(C(=O)O)c3cc(NC(=O)CC(C)C)ccc3n2)CC1.Cl.Cl.Cl. The van der Waals surface area contributed by atoms with Crippen molar-refractivity contribution in [2.45, 2.75) is 40.0 Å². The fraction of sp³-hybridized carbons (Fsp3) is 0.520. The van der Waals surface area contributed by atoms with Crippen molar-refractivity contribution in [2.75, 3.05) is 49.5 Å². The molecule has 1 aromatic carbocycles. The molecule has 1 aliphatic heterocycles. The van der Waals surface area contributed by atoms with Crippen molar-refractivity contribution in [2.24, 2.45) is 5.92 Å². The van der Waals surface area contributed by atoms with Gasteiger partial charge in [-0.15, -0.1) is 37.2 Å². The van der Waals surface area contributed by atoms with Crippen LogP contribution in [0.5, 0.6) is 0 Å². The van der Waals surface area contributed by atoms with Crippen LogP contribution >= 0.6 is 37.2 Å². The van der Waals surface area contributed by atoms with Crippen LogP contribution in [-0.4, -0.2) is 72.0 Å². The summed E-state index contributed by atoms with van der Waals surface area (Å²) in [4.78, 5) is 45.1. The topological polar surface area (TPSA) is 115 Å². The first-order chi connectivity index (χ1) is 16.3. The van der Waals surface area contributed by atoms with Gasteiger partial charge in [-0.2, -0.15) is 0 Å². The summed E-state index contributed by atoms with van der Waals surface area (Å²) in [6.07, 6.45) is 2.42. The molecule has 0 radical (unpaired) electrons. The minimum absolute atomic E-state index is 0. The Bertz CT molecular complexity index is 1050. The van der Waals surface area contributed by atoms with E-state index in [1.807, 2.05) is 13.8 Å². The third kappa shape index (κ3) is 10.2. The highest BCUT2D eigenvalue weighted by Gasteiger charge is 2.22. The van der Waals surface area contributed by atoms with E-state index in [-0.39, 0.29) is 60.5 Å². The average Bonchev–Trinajstić information content (AvgIpc) is 2.78. The highest BCUT2D eigenvalue weighted by atomic mass is 35.5. The van der Waals surface area contributed by atoms with E-state index < -0.39 is 5.97 Å². The Morgan fingerprint density at radius 2 is 1.70 bits per heavy atom. The number of hydrogen-bond donors (Lipinski definition) is 3. The number of nitrogens with one attached hydrogen (secondary N) is 2. The first-order valence-electron chi connectivity index (χ1n) is 12.0. The Balaban J connectivity index is 0.00000432. The molecule has 1 fully saturated rings. The highest BCUT2D eigenvalue weighted by Crippen LogP contribution is 2.27. The number of carbonyl (C=O) groups excluding carboxylic acids is 2. The van der Waals surface area contributed by atoms with Gasteiger partial charge in [-0.1, -0.05) is 27.2 Å². The van der Waals surface area contributed by atoms with Crippen molar-refractivity contribution < 1.29 is 19.5 Å². The number of nitrogens with zero attached hydrogens (tertiary/aromatic N) is 3. The van der Waals surface area contributed by atoms with Gasteiger partial charge in [0.05, 0.1) is 17.6 Å². The molecule has 2 heterocycles. The van der Waals surface area contributed by atoms with Crippen LogP contribution in [0.4, 0.5) is 11.5 Å². The van der Waals surface area contributed by atoms with Crippen LogP contribution in [-0.2, 0) is 9.59 Å². The van der Waals surface area contributed by atoms with E-state index in [1.165, 1.54) is 0 Å². The second-order valence-corrected chi connectivity index (χ2v) is 9.18. The quantitative estimate of drug-likeness (QED) is 0.362. The van der Waals surface area contributed by atoms with Crippen molar-refractivity contribution in [3.63, 3.8) is 0 Å².